The van der Waals surface area contributed by atoms with Crippen LogP contribution >= 0.6 is 0 Å². The Balaban J connectivity index is 2.24. The number of methoxy groups -OCH3 is 1. The van der Waals surface area contributed by atoms with Gasteiger partial charge < -0.3 is 14.2 Å². The maximum atomic E-state index is 5.32. The van der Waals surface area contributed by atoms with Crippen LogP contribution in [0.15, 0.2) is 24.3 Å². The van der Waals surface area contributed by atoms with E-state index in [4.69, 9.17) is 14.2 Å². The first-order chi connectivity index (χ1) is 7.36. The van der Waals surface area contributed by atoms with Gasteiger partial charge in [-0.2, -0.15) is 0 Å². The molecule has 0 bridgehead atoms. The van der Waals surface area contributed by atoms with Crippen LogP contribution in [-0.4, -0.2) is 26.9 Å². The summed E-state index contributed by atoms with van der Waals surface area (Å²) >= 11 is 0. The van der Waals surface area contributed by atoms with Gasteiger partial charge in [0.25, 0.3) is 0 Å². The molecule has 0 unspecified atom stereocenters. The number of rotatable bonds is 7. The lowest BCUT2D eigenvalue weighted by molar-refractivity contribution is 0.0827. The Kier molecular flexibility index (Phi) is 5.81. The van der Waals surface area contributed by atoms with Crippen molar-refractivity contribution >= 4 is 0 Å². The van der Waals surface area contributed by atoms with E-state index in [1.807, 2.05) is 31.2 Å². The third-order valence-corrected chi connectivity index (χ3v) is 1.86. The topological polar surface area (TPSA) is 27.7 Å². The maximum Gasteiger partial charge on any atom is 0.119 e. The minimum atomic E-state index is 0.574. The molecule has 0 saturated carbocycles. The smallest absolute Gasteiger partial charge is 0.119 e. The Bertz CT molecular complexity index is 273. The van der Waals surface area contributed by atoms with Crippen molar-refractivity contribution in [3.63, 3.8) is 0 Å². The van der Waals surface area contributed by atoms with Crippen molar-refractivity contribution in [1.82, 2.24) is 0 Å². The standard InChI is InChI=1S/C12H17O3/c1-3-14-7-8-15-10-11-5-4-6-12(9-11)13-2/h4-6,9-10H,3,7-8H2,1-2H3. The molecule has 0 heterocycles. The predicted octanol–water partition coefficient (Wildman–Crippen LogP) is 2.26. The van der Waals surface area contributed by atoms with E-state index in [0.29, 0.717) is 13.2 Å². The SMILES string of the molecule is CCOCCO[CH]c1cccc(OC)c1. The number of hydrogen-bond donors (Lipinski definition) is 0. The van der Waals surface area contributed by atoms with Gasteiger partial charge in [-0.15, -0.1) is 0 Å². The number of hydrogen-bond acceptors (Lipinski definition) is 3. The van der Waals surface area contributed by atoms with E-state index in [1.165, 1.54) is 0 Å². The van der Waals surface area contributed by atoms with Crippen molar-refractivity contribution in [3.05, 3.63) is 36.4 Å². The third-order valence-electron chi connectivity index (χ3n) is 1.86. The molecule has 1 rings (SSSR count). The van der Waals surface area contributed by atoms with Gasteiger partial charge in [0, 0.05) is 6.61 Å². The largest absolute Gasteiger partial charge is 0.497 e. The summed E-state index contributed by atoms with van der Waals surface area (Å²) < 4.78 is 15.6. The van der Waals surface area contributed by atoms with E-state index in [0.717, 1.165) is 17.9 Å². The summed E-state index contributed by atoms with van der Waals surface area (Å²) in [6, 6.07) is 7.71. The first kappa shape index (κ1) is 12.0. The zero-order valence-corrected chi connectivity index (χ0v) is 9.23. The van der Waals surface area contributed by atoms with E-state index in [1.54, 1.807) is 13.7 Å². The van der Waals surface area contributed by atoms with E-state index >= 15 is 0 Å². The normalized spacial score (nSPS) is 10.3. The molecular weight excluding hydrogens is 192 g/mol. The lowest BCUT2D eigenvalue weighted by atomic mass is 10.2. The molecule has 15 heavy (non-hydrogen) atoms. The van der Waals surface area contributed by atoms with Crippen molar-refractivity contribution in [3.8, 4) is 5.75 Å². The minimum absolute atomic E-state index is 0.574. The van der Waals surface area contributed by atoms with Crippen LogP contribution in [-0.2, 0) is 9.47 Å². The monoisotopic (exact) mass is 209 g/mol. The van der Waals surface area contributed by atoms with Crippen LogP contribution in [0.2, 0.25) is 0 Å². The van der Waals surface area contributed by atoms with E-state index < -0.39 is 0 Å². The van der Waals surface area contributed by atoms with Crippen LogP contribution in [0.5, 0.6) is 5.75 Å². The minimum Gasteiger partial charge on any atom is -0.497 e. The third kappa shape index (κ3) is 4.81. The summed E-state index contributed by atoms with van der Waals surface area (Å²) in [4.78, 5) is 0. The summed E-state index contributed by atoms with van der Waals surface area (Å²) in [7, 11) is 1.65. The highest BCUT2D eigenvalue weighted by Crippen LogP contribution is 2.13. The van der Waals surface area contributed by atoms with Gasteiger partial charge in [0.15, 0.2) is 0 Å². The molecular formula is C12H17O3. The Morgan fingerprint density at radius 1 is 1.27 bits per heavy atom. The predicted molar refractivity (Wildman–Crippen MR) is 58.8 cm³/mol. The van der Waals surface area contributed by atoms with Crippen LogP contribution in [0.1, 0.15) is 12.5 Å². The quantitative estimate of drug-likeness (QED) is 0.645. The zero-order chi connectivity index (χ0) is 10.9. The zero-order valence-electron chi connectivity index (χ0n) is 9.23. The van der Waals surface area contributed by atoms with Gasteiger partial charge in [0.05, 0.1) is 20.3 Å². The van der Waals surface area contributed by atoms with Gasteiger partial charge in [0.1, 0.15) is 12.4 Å². The van der Waals surface area contributed by atoms with Crippen LogP contribution in [0.25, 0.3) is 0 Å². The molecule has 0 aliphatic heterocycles. The fourth-order valence-electron chi connectivity index (χ4n) is 1.12. The van der Waals surface area contributed by atoms with Crippen molar-refractivity contribution in [2.45, 2.75) is 6.92 Å². The molecule has 83 valence electrons. The Morgan fingerprint density at radius 3 is 2.87 bits per heavy atom. The van der Waals surface area contributed by atoms with Crippen LogP contribution < -0.4 is 4.74 Å². The van der Waals surface area contributed by atoms with Crippen LogP contribution in [0, 0.1) is 6.61 Å². The van der Waals surface area contributed by atoms with Crippen molar-refractivity contribution < 1.29 is 14.2 Å². The Labute approximate surface area is 91.0 Å². The van der Waals surface area contributed by atoms with Crippen LogP contribution in [0.3, 0.4) is 0 Å². The molecule has 0 spiro atoms. The van der Waals surface area contributed by atoms with Gasteiger partial charge in [-0.1, -0.05) is 12.1 Å². The molecule has 1 aromatic carbocycles. The van der Waals surface area contributed by atoms with Crippen LogP contribution in [0.4, 0.5) is 0 Å². The van der Waals surface area contributed by atoms with E-state index in [-0.39, 0.29) is 0 Å². The van der Waals surface area contributed by atoms with Gasteiger partial charge >= 0.3 is 0 Å². The molecule has 0 atom stereocenters. The fourth-order valence-corrected chi connectivity index (χ4v) is 1.12. The molecule has 0 aliphatic carbocycles. The maximum absolute atomic E-state index is 5.32. The summed E-state index contributed by atoms with van der Waals surface area (Å²) in [5.74, 6) is 0.831. The molecule has 3 nitrogen and oxygen atoms in total. The van der Waals surface area contributed by atoms with Gasteiger partial charge in [0.2, 0.25) is 0 Å². The highest BCUT2D eigenvalue weighted by molar-refractivity contribution is 5.31. The number of ether oxygens (including phenoxy) is 3. The van der Waals surface area contributed by atoms with Crippen molar-refractivity contribution in [1.29, 1.82) is 0 Å². The van der Waals surface area contributed by atoms with Crippen molar-refractivity contribution in [2.24, 2.45) is 0 Å². The summed E-state index contributed by atoms with van der Waals surface area (Å²) in [6.07, 6.45) is 0. The lowest BCUT2D eigenvalue weighted by Crippen LogP contribution is -2.02. The summed E-state index contributed by atoms with van der Waals surface area (Å²) in [5.41, 5.74) is 0.992. The molecule has 0 aromatic heterocycles. The Morgan fingerprint density at radius 2 is 2.13 bits per heavy atom. The molecule has 0 amide bonds. The second-order valence-corrected chi connectivity index (χ2v) is 2.96. The molecule has 0 fully saturated rings. The molecule has 3 heteroatoms. The lowest BCUT2D eigenvalue weighted by Gasteiger charge is -2.05. The molecule has 0 saturated heterocycles. The first-order valence-corrected chi connectivity index (χ1v) is 5.03. The summed E-state index contributed by atoms with van der Waals surface area (Å²) in [6.45, 7) is 5.60. The number of benzene rings is 1. The highest BCUT2D eigenvalue weighted by atomic mass is 16.5. The molecule has 0 N–H and O–H groups in total. The van der Waals surface area contributed by atoms with Crippen molar-refractivity contribution in [2.75, 3.05) is 26.9 Å². The average molecular weight is 209 g/mol. The average Bonchev–Trinajstić information content (AvgIpc) is 2.29. The molecule has 1 radical (unpaired) electrons. The Hall–Kier alpha value is -1.06. The highest BCUT2D eigenvalue weighted by Gasteiger charge is 1.96. The molecule has 1 aromatic rings. The van der Waals surface area contributed by atoms with E-state index in [2.05, 4.69) is 0 Å². The molecule has 0 aliphatic rings. The van der Waals surface area contributed by atoms with E-state index in [9.17, 15) is 0 Å². The van der Waals surface area contributed by atoms with Gasteiger partial charge in [-0.05, 0) is 24.6 Å². The summed E-state index contributed by atoms with van der Waals surface area (Å²) in [5, 5.41) is 0. The second kappa shape index (κ2) is 7.26. The second-order valence-electron chi connectivity index (χ2n) is 2.96. The first-order valence-electron chi connectivity index (χ1n) is 5.03. The van der Waals surface area contributed by atoms with Gasteiger partial charge in [-0.25, -0.2) is 0 Å². The van der Waals surface area contributed by atoms with Gasteiger partial charge in [-0.3, -0.25) is 0 Å². The fraction of sp³-hybridized carbons (Fsp3) is 0.417.